The Hall–Kier alpha value is -4.48. The van der Waals surface area contributed by atoms with Gasteiger partial charge in [-0.1, -0.05) is 45.0 Å². The lowest BCUT2D eigenvalue weighted by molar-refractivity contribution is 0.0692. The highest BCUT2D eigenvalue weighted by Gasteiger charge is 2.26. The molecule has 0 fully saturated rings. The van der Waals surface area contributed by atoms with E-state index in [-0.39, 0.29) is 23.3 Å². The molecule has 6 rings (SSSR count). The number of hydrogen-bond acceptors (Lipinski definition) is 8. The van der Waals surface area contributed by atoms with Crippen LogP contribution in [0.4, 0.5) is 8.78 Å². The van der Waals surface area contributed by atoms with Crippen LogP contribution in [0.3, 0.4) is 0 Å². The molecule has 0 bridgehead atoms. The molecule has 2 aliphatic rings. The molecule has 10 nitrogen and oxygen atoms in total. The minimum absolute atomic E-state index is 0.163. The van der Waals surface area contributed by atoms with E-state index in [9.17, 15) is 0 Å². The number of halogens is 2. The molecule has 0 saturated heterocycles. The molecule has 4 aromatic rings. The first-order valence-electron chi connectivity index (χ1n) is 12.2. The highest BCUT2D eigenvalue weighted by atomic mass is 19.1. The molecule has 0 radical (unpaired) electrons. The molecule has 194 valence electrons. The zero-order valence-electron chi connectivity index (χ0n) is 20.8. The fourth-order valence-corrected chi connectivity index (χ4v) is 4.61. The smallest absolute Gasteiger partial charge is 0.152 e. The van der Waals surface area contributed by atoms with Gasteiger partial charge < -0.3 is 9.68 Å². The standard InChI is InChI=1S/C26H24F2N8O2/c1-15-11-35(33-29-15)13-19-9-25(31-37-19)17-3-5-21(23(27)7-17)22-6-4-18(8-24(22)28)26-10-20(38-32-26)14-36-12-16(2)30-34-36/h3-8,11-12,19-20H,9-10,13-14H2,1-2H3/t19-,20?/m0/s1. The summed E-state index contributed by atoms with van der Waals surface area (Å²) in [5, 5.41) is 24.2. The van der Waals surface area contributed by atoms with E-state index in [1.165, 1.54) is 12.1 Å². The van der Waals surface area contributed by atoms with Crippen molar-refractivity contribution in [2.24, 2.45) is 10.3 Å². The van der Waals surface area contributed by atoms with Crippen molar-refractivity contribution in [3.05, 3.63) is 82.9 Å². The zero-order chi connectivity index (χ0) is 26.2. The van der Waals surface area contributed by atoms with Crippen LogP contribution in [0.1, 0.15) is 35.4 Å². The van der Waals surface area contributed by atoms with Crippen LogP contribution >= 0.6 is 0 Å². The molecule has 2 atom stereocenters. The van der Waals surface area contributed by atoms with Crippen LogP contribution in [0.15, 0.2) is 59.1 Å². The number of nitrogens with zero attached hydrogens (tertiary/aromatic N) is 8. The van der Waals surface area contributed by atoms with Crippen LogP contribution < -0.4 is 0 Å². The first-order valence-corrected chi connectivity index (χ1v) is 12.2. The monoisotopic (exact) mass is 518 g/mol. The van der Waals surface area contributed by atoms with E-state index in [0.29, 0.717) is 48.5 Å². The molecule has 0 amide bonds. The second-order valence-electron chi connectivity index (χ2n) is 9.49. The Morgan fingerprint density at radius 1 is 0.737 bits per heavy atom. The summed E-state index contributed by atoms with van der Waals surface area (Å²) in [6, 6.07) is 9.29. The van der Waals surface area contributed by atoms with Crippen LogP contribution in [0.5, 0.6) is 0 Å². The van der Waals surface area contributed by atoms with Gasteiger partial charge in [0.05, 0.1) is 35.9 Å². The average molecular weight is 519 g/mol. The zero-order valence-corrected chi connectivity index (χ0v) is 20.8. The normalized spacial score (nSPS) is 18.7. The van der Waals surface area contributed by atoms with Gasteiger partial charge in [0.1, 0.15) is 11.6 Å². The molecular formula is C26H24F2N8O2. The first kappa shape index (κ1) is 23.9. The Kier molecular flexibility index (Phi) is 6.14. The van der Waals surface area contributed by atoms with E-state index in [4.69, 9.17) is 9.68 Å². The Morgan fingerprint density at radius 2 is 1.18 bits per heavy atom. The fraction of sp³-hybridized carbons (Fsp3) is 0.308. The maximum atomic E-state index is 15.1. The van der Waals surface area contributed by atoms with Crippen LogP contribution in [0.2, 0.25) is 0 Å². The van der Waals surface area contributed by atoms with Crippen LogP contribution in [-0.4, -0.2) is 53.6 Å². The van der Waals surface area contributed by atoms with Crippen molar-refractivity contribution in [2.75, 3.05) is 0 Å². The van der Waals surface area contributed by atoms with Crippen molar-refractivity contribution in [1.29, 1.82) is 0 Å². The number of hydrogen-bond donors (Lipinski definition) is 0. The van der Waals surface area contributed by atoms with Crippen molar-refractivity contribution >= 4 is 11.4 Å². The van der Waals surface area contributed by atoms with E-state index in [1.807, 2.05) is 26.2 Å². The summed E-state index contributed by atoms with van der Waals surface area (Å²) >= 11 is 0. The Balaban J connectivity index is 1.12. The third-order valence-electron chi connectivity index (χ3n) is 6.45. The number of benzene rings is 2. The van der Waals surface area contributed by atoms with Crippen molar-refractivity contribution in [1.82, 2.24) is 30.0 Å². The SMILES string of the molecule is Cc1cn(CC2CC(c3ccc(-c4ccc(C5=NO[C@H](Cn6cc(C)nn6)C5)cc4F)c(F)c3)=NO2)nn1. The Labute approximate surface area is 216 Å². The lowest BCUT2D eigenvalue weighted by Crippen LogP contribution is -2.17. The van der Waals surface area contributed by atoms with Crippen LogP contribution in [-0.2, 0) is 22.8 Å². The number of aryl methyl sites for hydroxylation is 2. The molecule has 0 spiro atoms. The van der Waals surface area contributed by atoms with Gasteiger partial charge in [0.25, 0.3) is 0 Å². The average Bonchev–Trinajstić information content (AvgIpc) is 3.70. The maximum Gasteiger partial charge on any atom is 0.152 e. The minimum atomic E-state index is -0.545. The lowest BCUT2D eigenvalue weighted by Gasteiger charge is -2.10. The summed E-state index contributed by atoms with van der Waals surface area (Å²) in [7, 11) is 0. The molecule has 38 heavy (non-hydrogen) atoms. The van der Waals surface area contributed by atoms with Gasteiger partial charge in [-0.3, -0.25) is 0 Å². The van der Waals surface area contributed by atoms with Gasteiger partial charge in [0.2, 0.25) is 0 Å². The van der Waals surface area contributed by atoms with E-state index in [2.05, 4.69) is 30.9 Å². The minimum Gasteiger partial charge on any atom is -0.390 e. The molecule has 2 aromatic heterocycles. The van der Waals surface area contributed by atoms with Crippen molar-refractivity contribution in [3.63, 3.8) is 0 Å². The molecule has 0 saturated carbocycles. The molecule has 4 heterocycles. The van der Waals surface area contributed by atoms with Gasteiger partial charge in [0.15, 0.2) is 12.2 Å². The summed E-state index contributed by atoms with van der Waals surface area (Å²) in [4.78, 5) is 11.0. The largest absolute Gasteiger partial charge is 0.390 e. The fourth-order valence-electron chi connectivity index (χ4n) is 4.61. The van der Waals surface area contributed by atoms with Crippen molar-refractivity contribution < 1.29 is 18.5 Å². The Morgan fingerprint density at radius 3 is 1.55 bits per heavy atom. The lowest BCUT2D eigenvalue weighted by atomic mass is 9.97. The van der Waals surface area contributed by atoms with E-state index in [1.54, 1.807) is 33.6 Å². The number of rotatable bonds is 7. The number of oxime groups is 2. The molecule has 12 heteroatoms. The maximum absolute atomic E-state index is 15.1. The summed E-state index contributed by atoms with van der Waals surface area (Å²) in [5.74, 6) is -1.09. The summed E-state index contributed by atoms with van der Waals surface area (Å²) < 4.78 is 33.7. The van der Waals surface area contributed by atoms with Crippen molar-refractivity contribution in [2.45, 2.75) is 52.0 Å². The summed E-state index contributed by atoms with van der Waals surface area (Å²) in [6.07, 6.45) is 4.20. The predicted octanol–water partition coefficient (Wildman–Crippen LogP) is 3.82. The van der Waals surface area contributed by atoms with Gasteiger partial charge in [-0.05, 0) is 26.0 Å². The first-order chi connectivity index (χ1) is 18.4. The van der Waals surface area contributed by atoms with Crippen molar-refractivity contribution in [3.8, 4) is 11.1 Å². The quantitative estimate of drug-likeness (QED) is 0.368. The third kappa shape index (κ3) is 4.89. The second kappa shape index (κ2) is 9.77. The molecular weight excluding hydrogens is 494 g/mol. The van der Waals surface area contributed by atoms with Gasteiger partial charge in [-0.2, -0.15) is 0 Å². The highest BCUT2D eigenvalue weighted by Crippen LogP contribution is 2.30. The highest BCUT2D eigenvalue weighted by molar-refractivity contribution is 6.02. The molecule has 2 aromatic carbocycles. The van der Waals surface area contributed by atoms with E-state index < -0.39 is 11.6 Å². The van der Waals surface area contributed by atoms with Crippen LogP contribution in [0, 0.1) is 25.5 Å². The van der Waals surface area contributed by atoms with E-state index in [0.717, 1.165) is 11.4 Å². The molecule has 1 unspecified atom stereocenters. The second-order valence-corrected chi connectivity index (χ2v) is 9.49. The van der Waals surface area contributed by atoms with E-state index >= 15 is 8.78 Å². The van der Waals surface area contributed by atoms with Crippen LogP contribution in [0.25, 0.3) is 11.1 Å². The predicted molar refractivity (Wildman–Crippen MR) is 133 cm³/mol. The number of aromatic nitrogens is 6. The molecule has 0 N–H and O–H groups in total. The topological polar surface area (TPSA) is 105 Å². The Bertz CT molecular complexity index is 1440. The van der Waals surface area contributed by atoms with Gasteiger partial charge in [-0.25, -0.2) is 18.1 Å². The summed E-state index contributed by atoms with van der Waals surface area (Å²) in [6.45, 7) is 4.70. The summed E-state index contributed by atoms with van der Waals surface area (Å²) in [5.41, 5.74) is 4.39. The van der Waals surface area contributed by atoms with Gasteiger partial charge >= 0.3 is 0 Å². The van der Waals surface area contributed by atoms with Gasteiger partial charge in [-0.15, -0.1) is 10.2 Å². The molecule has 2 aliphatic heterocycles. The van der Waals surface area contributed by atoms with Gasteiger partial charge in [0, 0.05) is 47.5 Å². The third-order valence-corrected chi connectivity index (χ3v) is 6.45. The molecule has 0 aliphatic carbocycles.